The number of carboxylic acids is 1. The fraction of sp³-hybridized carbons (Fsp3) is 0.321. The van der Waals surface area contributed by atoms with Crippen LogP contribution in [0.15, 0.2) is 61.8 Å². The van der Waals surface area contributed by atoms with Crippen LogP contribution < -0.4 is 4.74 Å². The number of nitro benzene ring substituents is 2. The summed E-state index contributed by atoms with van der Waals surface area (Å²) in [6.45, 7) is 0.161. The highest BCUT2D eigenvalue weighted by molar-refractivity contribution is 9.11. The molecule has 12 nitrogen and oxygen atoms in total. The van der Waals surface area contributed by atoms with Gasteiger partial charge in [0, 0.05) is 53.9 Å². The first-order valence-corrected chi connectivity index (χ1v) is 14.7. The van der Waals surface area contributed by atoms with E-state index in [9.17, 15) is 39.7 Å². The Morgan fingerprint density at radius 3 is 2.00 bits per heavy atom. The van der Waals surface area contributed by atoms with Crippen LogP contribution in [0.25, 0.3) is 0 Å². The molecule has 0 atom stereocenters. The van der Waals surface area contributed by atoms with Crippen molar-refractivity contribution in [2.75, 3.05) is 6.54 Å². The van der Waals surface area contributed by atoms with Gasteiger partial charge in [-0.05, 0) is 81.3 Å². The average Bonchev–Trinajstić information content (AvgIpc) is 2.93. The number of nitrogens with zero attached hydrogens (tertiary/aromatic N) is 3. The highest BCUT2D eigenvalue weighted by Gasteiger charge is 2.43. The maximum absolute atomic E-state index is 13.4. The number of halogens is 2. The second-order valence-electron chi connectivity index (χ2n) is 10.1. The number of carbonyl (C=O) groups excluding carboxylic acids is 2. The van der Waals surface area contributed by atoms with Gasteiger partial charge in [0.2, 0.25) is 5.75 Å². The Bertz CT molecular complexity index is 1570. The number of Topliss-reactive ketones (excluding diaryl/α,β-unsaturated/α-hetero) is 2. The number of rotatable bonds is 8. The molecule has 0 saturated heterocycles. The molecule has 2 aromatic rings. The van der Waals surface area contributed by atoms with Gasteiger partial charge in [-0.2, -0.15) is 0 Å². The summed E-state index contributed by atoms with van der Waals surface area (Å²) in [5, 5.41) is 32.1. The number of carbonyl (C=O) groups is 3. The maximum Gasteiger partial charge on any atom is 0.318 e. The zero-order chi connectivity index (χ0) is 30.3. The SMILES string of the molecule is O=C(O)CCN1C2=C(C(=O)CCC2)C(c2cc(Br)c(Oc3ccc([N+](=O)[O-])cc3[N+](=O)[O-])c(Br)c2)C2=C1CCCC2=O. The minimum Gasteiger partial charge on any atom is -0.481 e. The van der Waals surface area contributed by atoms with Crippen LogP contribution in [0.4, 0.5) is 11.4 Å². The molecule has 0 radical (unpaired) electrons. The first-order valence-electron chi connectivity index (χ1n) is 13.1. The normalized spacial score (nSPS) is 17.2. The van der Waals surface area contributed by atoms with Gasteiger partial charge in [0.1, 0.15) is 0 Å². The summed E-state index contributed by atoms with van der Waals surface area (Å²) in [6, 6.07) is 6.43. The Kier molecular flexibility index (Phi) is 8.28. The fourth-order valence-electron chi connectivity index (χ4n) is 5.83. The molecule has 0 bridgehead atoms. The third-order valence-corrected chi connectivity index (χ3v) is 8.73. The van der Waals surface area contributed by atoms with Crippen LogP contribution in [-0.2, 0) is 14.4 Å². The third-order valence-electron chi connectivity index (χ3n) is 7.55. The van der Waals surface area contributed by atoms with Crippen molar-refractivity contribution in [3.05, 3.63) is 87.6 Å². The number of hydrogen-bond donors (Lipinski definition) is 1. The molecule has 5 rings (SSSR count). The van der Waals surface area contributed by atoms with Crippen molar-refractivity contribution in [1.82, 2.24) is 4.90 Å². The molecule has 0 amide bonds. The quantitative estimate of drug-likeness (QED) is 0.230. The summed E-state index contributed by atoms with van der Waals surface area (Å²) in [7, 11) is 0. The molecular formula is C28H23Br2N3O9. The standard InChI is InChI=1S/C28H23Br2N3O9/c29-16-11-14(12-17(30)28(16)42-23-8-7-15(32(38)39)13-20(23)33(40)41)25-26-18(3-1-5-21(26)34)31(10-9-24(36)37)19-4-2-6-22(35)27(19)25/h7-8,11-13,25H,1-6,9-10H2,(H,36,37). The number of carboxylic acid groups (broad SMARTS) is 1. The van der Waals surface area contributed by atoms with Gasteiger partial charge < -0.3 is 14.7 Å². The van der Waals surface area contributed by atoms with Crippen LogP contribution in [0, 0.1) is 20.2 Å². The molecule has 42 heavy (non-hydrogen) atoms. The number of ether oxygens (including phenoxy) is 1. The van der Waals surface area contributed by atoms with Gasteiger partial charge in [0.25, 0.3) is 5.69 Å². The zero-order valence-corrected chi connectivity index (χ0v) is 25.1. The molecule has 14 heteroatoms. The topological polar surface area (TPSA) is 170 Å². The Labute approximate surface area is 255 Å². The summed E-state index contributed by atoms with van der Waals surface area (Å²) in [4.78, 5) is 61.4. The summed E-state index contributed by atoms with van der Waals surface area (Å²) in [6.07, 6.45) is 2.89. The molecule has 1 N–H and O–H groups in total. The van der Waals surface area contributed by atoms with Crippen molar-refractivity contribution in [1.29, 1.82) is 0 Å². The molecule has 1 aliphatic heterocycles. The van der Waals surface area contributed by atoms with Crippen LogP contribution >= 0.6 is 31.9 Å². The van der Waals surface area contributed by atoms with Crippen molar-refractivity contribution in [2.24, 2.45) is 0 Å². The smallest absolute Gasteiger partial charge is 0.318 e. The second-order valence-corrected chi connectivity index (χ2v) is 11.8. The molecule has 0 saturated carbocycles. The molecule has 0 unspecified atom stereocenters. The lowest BCUT2D eigenvalue weighted by Crippen LogP contribution is -2.39. The molecule has 3 aliphatic rings. The molecule has 2 aromatic carbocycles. The number of ketones is 2. The highest BCUT2D eigenvalue weighted by Crippen LogP contribution is 2.51. The Morgan fingerprint density at radius 2 is 1.50 bits per heavy atom. The van der Waals surface area contributed by atoms with E-state index in [1.54, 1.807) is 12.1 Å². The Hall–Kier alpha value is -3.91. The van der Waals surface area contributed by atoms with Gasteiger partial charge in [-0.1, -0.05) is 0 Å². The second kappa shape index (κ2) is 11.8. The number of hydrogen-bond acceptors (Lipinski definition) is 9. The van der Waals surface area contributed by atoms with Crippen LogP contribution in [0.1, 0.15) is 56.4 Å². The predicted molar refractivity (Wildman–Crippen MR) is 155 cm³/mol. The van der Waals surface area contributed by atoms with Gasteiger partial charge in [-0.15, -0.1) is 0 Å². The minimum absolute atomic E-state index is 0.0967. The van der Waals surface area contributed by atoms with Crippen molar-refractivity contribution in [3.8, 4) is 11.5 Å². The van der Waals surface area contributed by atoms with E-state index < -0.39 is 33.1 Å². The zero-order valence-electron chi connectivity index (χ0n) is 21.9. The summed E-state index contributed by atoms with van der Waals surface area (Å²) < 4.78 is 6.59. The van der Waals surface area contributed by atoms with E-state index in [4.69, 9.17) is 4.74 Å². The molecule has 218 valence electrons. The van der Waals surface area contributed by atoms with Gasteiger partial charge >= 0.3 is 11.7 Å². The molecule has 0 fully saturated rings. The van der Waals surface area contributed by atoms with E-state index in [1.807, 2.05) is 4.90 Å². The van der Waals surface area contributed by atoms with Crippen molar-refractivity contribution >= 4 is 60.8 Å². The van der Waals surface area contributed by atoms with E-state index >= 15 is 0 Å². The van der Waals surface area contributed by atoms with Crippen LogP contribution in [0.2, 0.25) is 0 Å². The number of aliphatic carboxylic acids is 1. The van der Waals surface area contributed by atoms with E-state index in [2.05, 4.69) is 31.9 Å². The van der Waals surface area contributed by atoms with E-state index in [0.717, 1.165) is 29.6 Å². The number of benzene rings is 2. The number of non-ortho nitro benzene ring substituents is 1. The third kappa shape index (κ3) is 5.48. The maximum atomic E-state index is 13.4. The van der Waals surface area contributed by atoms with Gasteiger partial charge in [-0.3, -0.25) is 34.6 Å². The average molecular weight is 705 g/mol. The van der Waals surface area contributed by atoms with Crippen molar-refractivity contribution < 1.29 is 34.1 Å². The lowest BCUT2D eigenvalue weighted by molar-refractivity contribution is -0.394. The van der Waals surface area contributed by atoms with Crippen molar-refractivity contribution in [3.63, 3.8) is 0 Å². The van der Waals surface area contributed by atoms with E-state index in [0.29, 0.717) is 64.2 Å². The molecule has 1 heterocycles. The number of allylic oxidation sites excluding steroid dienone is 4. The molecule has 0 spiro atoms. The summed E-state index contributed by atoms with van der Waals surface area (Å²) in [5.74, 6) is -1.90. The van der Waals surface area contributed by atoms with E-state index in [-0.39, 0.29) is 36.0 Å². The summed E-state index contributed by atoms with van der Waals surface area (Å²) >= 11 is 6.94. The minimum atomic E-state index is -0.970. The summed E-state index contributed by atoms with van der Waals surface area (Å²) in [5.41, 5.74) is 2.03. The van der Waals surface area contributed by atoms with Crippen LogP contribution in [-0.4, -0.2) is 43.9 Å². The van der Waals surface area contributed by atoms with Gasteiger partial charge in [0.05, 0.1) is 31.3 Å². The first kappa shape index (κ1) is 29.6. The van der Waals surface area contributed by atoms with E-state index in [1.165, 1.54) is 0 Å². The monoisotopic (exact) mass is 703 g/mol. The lowest BCUT2D eigenvalue weighted by atomic mass is 9.71. The first-order chi connectivity index (χ1) is 20.0. The van der Waals surface area contributed by atoms with Crippen LogP contribution in [0.5, 0.6) is 11.5 Å². The molecule has 0 aromatic heterocycles. The van der Waals surface area contributed by atoms with Crippen molar-refractivity contribution in [2.45, 2.75) is 50.9 Å². The lowest BCUT2D eigenvalue weighted by Gasteiger charge is -2.44. The number of nitro groups is 2. The predicted octanol–water partition coefficient (Wildman–Crippen LogP) is 6.71. The molecule has 2 aliphatic carbocycles. The van der Waals surface area contributed by atoms with Gasteiger partial charge in [-0.25, -0.2) is 0 Å². The van der Waals surface area contributed by atoms with Gasteiger partial charge in [0.15, 0.2) is 17.3 Å². The Morgan fingerprint density at radius 1 is 0.929 bits per heavy atom. The Balaban J connectivity index is 1.61. The van der Waals surface area contributed by atoms with Crippen LogP contribution in [0.3, 0.4) is 0 Å². The molecular weight excluding hydrogens is 682 g/mol. The highest BCUT2D eigenvalue weighted by atomic mass is 79.9. The fourth-order valence-corrected chi connectivity index (χ4v) is 7.21. The largest absolute Gasteiger partial charge is 0.481 e.